The minimum Gasteiger partial charge on any atom is -0.339 e. The topological polar surface area (TPSA) is 36.4 Å². The highest BCUT2D eigenvalue weighted by atomic mass is 16.2. The predicted molar refractivity (Wildman–Crippen MR) is 115 cm³/mol. The van der Waals surface area contributed by atoms with Gasteiger partial charge in [0.05, 0.1) is 0 Å². The van der Waals surface area contributed by atoms with Crippen molar-refractivity contribution in [3.63, 3.8) is 0 Å². The summed E-state index contributed by atoms with van der Waals surface area (Å²) in [6.45, 7) is 9.69. The van der Waals surface area contributed by atoms with E-state index in [0.29, 0.717) is 6.04 Å². The number of aromatic nitrogens is 1. The average Bonchev–Trinajstić information content (AvgIpc) is 2.72. The lowest BCUT2D eigenvalue weighted by Gasteiger charge is -2.36. The first kappa shape index (κ1) is 20.5. The van der Waals surface area contributed by atoms with Crippen LogP contribution in [0.5, 0.6) is 0 Å². The number of likely N-dealkylation sites (tertiary alicyclic amines) is 1. The van der Waals surface area contributed by atoms with Gasteiger partial charge in [0.25, 0.3) is 5.91 Å². The average molecular weight is 380 g/mol. The fourth-order valence-electron chi connectivity index (χ4n) is 3.83. The fourth-order valence-corrected chi connectivity index (χ4v) is 3.83. The van der Waals surface area contributed by atoms with Crippen molar-refractivity contribution in [2.24, 2.45) is 0 Å². The number of carbonyl (C=O) groups excluding carboxylic acids is 1. The summed E-state index contributed by atoms with van der Waals surface area (Å²) in [4.78, 5) is 21.7. The number of hydrogen-bond donors (Lipinski definition) is 0. The van der Waals surface area contributed by atoms with Gasteiger partial charge in [0.2, 0.25) is 0 Å². The Morgan fingerprint density at radius 1 is 1.11 bits per heavy atom. The maximum atomic E-state index is 12.9. The molecule has 0 aliphatic carbocycles. The summed E-state index contributed by atoms with van der Waals surface area (Å²) >= 11 is 0. The second-order valence-electron chi connectivity index (χ2n) is 8.89. The van der Waals surface area contributed by atoms with Crippen LogP contribution in [0.15, 0.2) is 48.7 Å². The third-order valence-corrected chi connectivity index (χ3v) is 5.83. The zero-order valence-electron chi connectivity index (χ0n) is 17.7. The molecule has 1 aromatic carbocycles. The molecule has 0 spiro atoms. The van der Waals surface area contributed by atoms with E-state index in [0.717, 1.165) is 50.2 Å². The lowest BCUT2D eigenvalue weighted by atomic mass is 9.86. The zero-order valence-corrected chi connectivity index (χ0v) is 17.7. The van der Waals surface area contributed by atoms with Crippen molar-refractivity contribution in [3.8, 4) is 0 Å². The maximum Gasteiger partial charge on any atom is 0.253 e. The molecule has 150 valence electrons. The lowest BCUT2D eigenvalue weighted by molar-refractivity contribution is 0.0643. The maximum absolute atomic E-state index is 12.9. The monoisotopic (exact) mass is 379 g/mol. The van der Waals surface area contributed by atoms with E-state index in [1.165, 1.54) is 5.56 Å². The third-order valence-electron chi connectivity index (χ3n) is 5.83. The molecular formula is C24H33N3O. The van der Waals surface area contributed by atoms with Gasteiger partial charge < -0.3 is 9.80 Å². The molecule has 1 saturated heterocycles. The summed E-state index contributed by atoms with van der Waals surface area (Å²) in [5.41, 5.74) is 3.30. The Bertz CT molecular complexity index is 757. The van der Waals surface area contributed by atoms with Gasteiger partial charge in [-0.25, -0.2) is 0 Å². The highest BCUT2D eigenvalue weighted by Gasteiger charge is 2.26. The molecule has 0 saturated carbocycles. The molecule has 0 unspecified atom stereocenters. The molecule has 2 aromatic rings. The molecule has 1 amide bonds. The number of hydrogen-bond acceptors (Lipinski definition) is 3. The van der Waals surface area contributed by atoms with Gasteiger partial charge in [-0.05, 0) is 48.1 Å². The lowest BCUT2D eigenvalue weighted by Crippen LogP contribution is -2.46. The highest BCUT2D eigenvalue weighted by Crippen LogP contribution is 2.23. The number of rotatable bonds is 5. The Labute approximate surface area is 169 Å². The summed E-state index contributed by atoms with van der Waals surface area (Å²) in [5.74, 6) is 0.132. The second kappa shape index (κ2) is 8.87. The van der Waals surface area contributed by atoms with Crippen molar-refractivity contribution in [2.75, 3.05) is 26.7 Å². The number of piperidine rings is 1. The van der Waals surface area contributed by atoms with Gasteiger partial charge in [0.15, 0.2) is 0 Å². The molecule has 0 bridgehead atoms. The van der Waals surface area contributed by atoms with E-state index in [1.807, 2.05) is 42.4 Å². The standard InChI is InChI=1S/C24H33N3O/c1-24(2,3)20-10-8-19(9-11-20)23(28)26(4)22-13-17-27(18-14-22)16-12-21-7-5-6-15-25-21/h5-11,15,22H,12-14,16-18H2,1-4H3. The van der Waals surface area contributed by atoms with E-state index in [2.05, 4.69) is 48.9 Å². The van der Waals surface area contributed by atoms with Crippen molar-refractivity contribution in [3.05, 3.63) is 65.5 Å². The Morgan fingerprint density at radius 3 is 2.36 bits per heavy atom. The van der Waals surface area contributed by atoms with E-state index in [1.54, 1.807) is 0 Å². The number of carbonyl (C=O) groups is 1. The highest BCUT2D eigenvalue weighted by molar-refractivity contribution is 5.94. The zero-order chi connectivity index (χ0) is 20.1. The largest absolute Gasteiger partial charge is 0.339 e. The summed E-state index contributed by atoms with van der Waals surface area (Å²) in [6.07, 6.45) is 4.91. The molecule has 4 heteroatoms. The summed E-state index contributed by atoms with van der Waals surface area (Å²) in [5, 5.41) is 0. The quantitative estimate of drug-likeness (QED) is 0.783. The molecule has 28 heavy (non-hydrogen) atoms. The first-order valence-electron chi connectivity index (χ1n) is 10.3. The fraction of sp³-hybridized carbons (Fsp3) is 0.500. The van der Waals surface area contributed by atoms with Crippen molar-refractivity contribution in [1.82, 2.24) is 14.8 Å². The molecule has 1 fully saturated rings. The first-order valence-corrected chi connectivity index (χ1v) is 10.3. The van der Waals surface area contributed by atoms with Gasteiger partial charge in [0.1, 0.15) is 0 Å². The Kier molecular flexibility index (Phi) is 6.50. The van der Waals surface area contributed by atoms with E-state index >= 15 is 0 Å². The van der Waals surface area contributed by atoms with Crippen LogP contribution < -0.4 is 0 Å². The van der Waals surface area contributed by atoms with E-state index in [-0.39, 0.29) is 11.3 Å². The number of amides is 1. The van der Waals surface area contributed by atoms with Gasteiger partial charge >= 0.3 is 0 Å². The summed E-state index contributed by atoms with van der Waals surface area (Å²) in [7, 11) is 1.95. The SMILES string of the molecule is CN(C(=O)c1ccc(C(C)(C)C)cc1)C1CCN(CCc2ccccn2)CC1. The second-order valence-corrected chi connectivity index (χ2v) is 8.89. The van der Waals surface area contributed by atoms with E-state index < -0.39 is 0 Å². The Balaban J connectivity index is 1.50. The summed E-state index contributed by atoms with van der Waals surface area (Å²) in [6, 6.07) is 14.5. The van der Waals surface area contributed by atoms with Gasteiger partial charge in [-0.3, -0.25) is 9.78 Å². The number of pyridine rings is 1. The molecule has 1 aliphatic heterocycles. The minimum absolute atomic E-state index is 0.107. The summed E-state index contributed by atoms with van der Waals surface area (Å²) < 4.78 is 0. The Hall–Kier alpha value is -2.20. The van der Waals surface area contributed by atoms with E-state index in [9.17, 15) is 4.79 Å². The molecule has 0 N–H and O–H groups in total. The number of benzene rings is 1. The first-order chi connectivity index (χ1) is 13.3. The van der Waals surface area contributed by atoms with Crippen LogP contribution in [0.2, 0.25) is 0 Å². The van der Waals surface area contributed by atoms with Crippen LogP contribution in [0, 0.1) is 0 Å². The normalized spacial score (nSPS) is 16.1. The molecule has 2 heterocycles. The van der Waals surface area contributed by atoms with Crippen molar-refractivity contribution in [1.29, 1.82) is 0 Å². The molecule has 4 nitrogen and oxygen atoms in total. The number of nitrogens with zero attached hydrogens (tertiary/aromatic N) is 3. The van der Waals surface area contributed by atoms with Crippen LogP contribution in [0.3, 0.4) is 0 Å². The van der Waals surface area contributed by atoms with Crippen LogP contribution in [0.1, 0.15) is 55.2 Å². The molecule has 3 rings (SSSR count). The molecular weight excluding hydrogens is 346 g/mol. The van der Waals surface area contributed by atoms with Crippen LogP contribution in [-0.2, 0) is 11.8 Å². The smallest absolute Gasteiger partial charge is 0.253 e. The third kappa shape index (κ3) is 5.20. The van der Waals surface area contributed by atoms with E-state index in [4.69, 9.17) is 0 Å². The van der Waals surface area contributed by atoms with Gasteiger partial charge in [-0.2, -0.15) is 0 Å². The van der Waals surface area contributed by atoms with Crippen LogP contribution in [0.25, 0.3) is 0 Å². The van der Waals surface area contributed by atoms with Crippen LogP contribution in [0.4, 0.5) is 0 Å². The molecule has 0 atom stereocenters. The van der Waals surface area contributed by atoms with Crippen molar-refractivity contribution >= 4 is 5.91 Å². The van der Waals surface area contributed by atoms with Crippen LogP contribution in [-0.4, -0.2) is 53.4 Å². The van der Waals surface area contributed by atoms with Gasteiger partial charge in [0, 0.05) is 56.6 Å². The molecule has 1 aromatic heterocycles. The predicted octanol–water partition coefficient (Wildman–Crippen LogP) is 4.16. The van der Waals surface area contributed by atoms with Crippen molar-refractivity contribution in [2.45, 2.75) is 51.5 Å². The Morgan fingerprint density at radius 2 is 1.79 bits per heavy atom. The van der Waals surface area contributed by atoms with Gasteiger partial charge in [-0.15, -0.1) is 0 Å². The van der Waals surface area contributed by atoms with Gasteiger partial charge in [-0.1, -0.05) is 39.0 Å². The van der Waals surface area contributed by atoms with Crippen molar-refractivity contribution < 1.29 is 4.79 Å². The minimum atomic E-state index is 0.107. The van der Waals surface area contributed by atoms with Crippen LogP contribution >= 0.6 is 0 Å². The molecule has 0 radical (unpaired) electrons. The molecule has 1 aliphatic rings.